The van der Waals surface area contributed by atoms with Crippen LogP contribution in [0.5, 0.6) is 0 Å². The van der Waals surface area contributed by atoms with Crippen LogP contribution in [0.1, 0.15) is 25.7 Å². The lowest BCUT2D eigenvalue weighted by atomic mass is 9.61. The maximum atomic E-state index is 14.1. The smallest absolute Gasteiger partial charge is 0.103 e. The van der Waals surface area contributed by atoms with Crippen molar-refractivity contribution in [2.45, 2.75) is 31.9 Å². The van der Waals surface area contributed by atoms with Gasteiger partial charge in [-0.1, -0.05) is 12.2 Å². The Morgan fingerprint density at radius 1 is 0.667 bits per heavy atom. The summed E-state index contributed by atoms with van der Waals surface area (Å²) in [6.45, 7) is 0. The quantitative estimate of drug-likeness (QED) is 0.450. The first-order chi connectivity index (χ1) is 8.83. The maximum Gasteiger partial charge on any atom is 0.103 e. The minimum Gasteiger partial charge on any atom is -0.247 e. The molecule has 0 spiro atoms. The van der Waals surface area contributed by atoms with Gasteiger partial charge in [-0.3, -0.25) is 0 Å². The van der Waals surface area contributed by atoms with Crippen LogP contribution in [-0.2, 0) is 0 Å². The van der Waals surface area contributed by atoms with Gasteiger partial charge < -0.3 is 0 Å². The highest BCUT2D eigenvalue weighted by Gasteiger charge is 2.71. The molecule has 0 aromatic heterocycles. The van der Waals surface area contributed by atoms with Gasteiger partial charge in [-0.25, -0.2) is 4.39 Å². The van der Waals surface area contributed by atoms with Crippen LogP contribution in [0.3, 0.4) is 0 Å². The Morgan fingerprint density at radius 2 is 1.39 bits per heavy atom. The Hall–Kier alpha value is -0.330. The molecule has 0 radical (unpaired) electrons. The van der Waals surface area contributed by atoms with Gasteiger partial charge in [0.2, 0.25) is 0 Å². The van der Waals surface area contributed by atoms with Crippen molar-refractivity contribution < 1.29 is 4.39 Å². The van der Waals surface area contributed by atoms with E-state index in [1.54, 1.807) is 0 Å². The van der Waals surface area contributed by atoms with Gasteiger partial charge in [0.05, 0.1) is 0 Å². The highest BCUT2D eigenvalue weighted by molar-refractivity contribution is 5.25. The van der Waals surface area contributed by atoms with E-state index >= 15 is 0 Å². The van der Waals surface area contributed by atoms with Crippen molar-refractivity contribution in [2.24, 2.45) is 59.2 Å². The van der Waals surface area contributed by atoms with Crippen molar-refractivity contribution in [1.82, 2.24) is 0 Å². The number of fused-ring (bicyclic) bond motifs is 16. The lowest BCUT2D eigenvalue weighted by Gasteiger charge is -2.44. The Bertz CT molecular complexity index is 455. The van der Waals surface area contributed by atoms with Crippen LogP contribution in [0.15, 0.2) is 12.2 Å². The van der Waals surface area contributed by atoms with Crippen LogP contribution in [0.4, 0.5) is 4.39 Å². The van der Waals surface area contributed by atoms with Crippen molar-refractivity contribution in [3.63, 3.8) is 0 Å². The number of hydrogen-bond acceptors (Lipinski definition) is 0. The molecule has 5 saturated carbocycles. The van der Waals surface area contributed by atoms with Gasteiger partial charge in [0.1, 0.15) is 6.17 Å². The van der Waals surface area contributed by atoms with Gasteiger partial charge in [-0.05, 0) is 84.9 Å². The minimum absolute atomic E-state index is 0.428. The van der Waals surface area contributed by atoms with E-state index in [9.17, 15) is 4.39 Å². The average Bonchev–Trinajstić information content (AvgIpc) is 3.14. The summed E-state index contributed by atoms with van der Waals surface area (Å²) in [7, 11) is 0. The van der Waals surface area contributed by atoms with Crippen molar-refractivity contribution in [2.75, 3.05) is 0 Å². The average molecular weight is 244 g/mol. The third-order valence-electron chi connectivity index (χ3n) is 8.16. The zero-order chi connectivity index (χ0) is 11.6. The summed E-state index contributed by atoms with van der Waals surface area (Å²) in [6, 6.07) is 0. The SMILES string of the molecule is FC1CC2CC1C1C3CC(C4C5C=CC(C5)C34)C21. The molecule has 11 atom stereocenters. The van der Waals surface area contributed by atoms with E-state index in [1.165, 1.54) is 19.3 Å². The van der Waals surface area contributed by atoms with Crippen LogP contribution in [0.2, 0.25) is 0 Å². The topological polar surface area (TPSA) is 0 Å². The van der Waals surface area contributed by atoms with Crippen molar-refractivity contribution in [3.8, 4) is 0 Å². The van der Waals surface area contributed by atoms with Crippen LogP contribution in [-0.4, -0.2) is 6.17 Å². The largest absolute Gasteiger partial charge is 0.247 e. The van der Waals surface area contributed by atoms with Crippen molar-refractivity contribution in [1.29, 1.82) is 0 Å². The van der Waals surface area contributed by atoms with E-state index in [0.29, 0.717) is 5.92 Å². The summed E-state index contributed by atoms with van der Waals surface area (Å²) in [5, 5.41) is 0. The zero-order valence-electron chi connectivity index (χ0n) is 10.7. The number of halogens is 1. The molecule has 0 amide bonds. The van der Waals surface area contributed by atoms with Crippen LogP contribution in [0.25, 0.3) is 0 Å². The van der Waals surface area contributed by atoms with Gasteiger partial charge in [0, 0.05) is 0 Å². The molecule has 96 valence electrons. The number of alkyl halides is 1. The van der Waals surface area contributed by atoms with Gasteiger partial charge >= 0.3 is 0 Å². The summed E-state index contributed by atoms with van der Waals surface area (Å²) < 4.78 is 14.1. The predicted octanol–water partition coefficient (Wildman–Crippen LogP) is 3.68. The second-order valence-electron chi connectivity index (χ2n) is 8.23. The molecule has 0 aromatic rings. The molecule has 11 unspecified atom stereocenters. The summed E-state index contributed by atoms with van der Waals surface area (Å²) in [5.74, 6) is 8.82. The van der Waals surface area contributed by atoms with E-state index in [1.807, 2.05) is 0 Å². The zero-order valence-corrected chi connectivity index (χ0v) is 10.7. The van der Waals surface area contributed by atoms with Crippen LogP contribution < -0.4 is 0 Å². The highest BCUT2D eigenvalue weighted by atomic mass is 19.1. The molecular weight excluding hydrogens is 223 g/mol. The third kappa shape index (κ3) is 0.806. The van der Waals surface area contributed by atoms with Crippen LogP contribution >= 0.6 is 0 Å². The van der Waals surface area contributed by atoms with E-state index in [4.69, 9.17) is 0 Å². The van der Waals surface area contributed by atoms with Gasteiger partial charge in [0.25, 0.3) is 0 Å². The molecule has 18 heavy (non-hydrogen) atoms. The molecule has 0 aromatic carbocycles. The fourth-order valence-corrected chi connectivity index (χ4v) is 8.17. The Balaban J connectivity index is 1.46. The van der Waals surface area contributed by atoms with Gasteiger partial charge in [0.15, 0.2) is 0 Å². The molecule has 6 aliphatic rings. The molecule has 0 heterocycles. The summed E-state index contributed by atoms with van der Waals surface area (Å²) >= 11 is 0. The Labute approximate surface area is 108 Å². The lowest BCUT2D eigenvalue weighted by molar-refractivity contribution is 0.0193. The molecule has 1 heteroatoms. The summed E-state index contributed by atoms with van der Waals surface area (Å²) in [5.41, 5.74) is 0. The number of allylic oxidation sites excluding steroid dienone is 2. The van der Waals surface area contributed by atoms with Gasteiger partial charge in [-0.2, -0.15) is 0 Å². The van der Waals surface area contributed by atoms with E-state index in [2.05, 4.69) is 12.2 Å². The second kappa shape index (κ2) is 2.74. The van der Waals surface area contributed by atoms with Gasteiger partial charge in [-0.15, -0.1) is 0 Å². The fourth-order valence-electron chi connectivity index (χ4n) is 8.17. The molecule has 5 fully saturated rings. The number of hydrogen-bond donors (Lipinski definition) is 0. The molecule has 0 N–H and O–H groups in total. The Kier molecular flexibility index (Phi) is 1.45. The lowest BCUT2D eigenvalue weighted by Crippen LogP contribution is -2.42. The first kappa shape index (κ1) is 9.55. The summed E-state index contributed by atoms with van der Waals surface area (Å²) in [4.78, 5) is 0. The predicted molar refractivity (Wildman–Crippen MR) is 67.4 cm³/mol. The third-order valence-corrected chi connectivity index (χ3v) is 8.16. The van der Waals surface area contributed by atoms with Crippen molar-refractivity contribution in [3.05, 3.63) is 12.2 Å². The monoisotopic (exact) mass is 244 g/mol. The molecule has 6 aliphatic carbocycles. The minimum atomic E-state index is -0.428. The molecular formula is C17H21F. The summed E-state index contributed by atoms with van der Waals surface area (Å²) in [6.07, 6.45) is 9.74. The molecule has 0 saturated heterocycles. The van der Waals surface area contributed by atoms with E-state index in [-0.39, 0.29) is 0 Å². The van der Waals surface area contributed by atoms with Crippen molar-refractivity contribution >= 4 is 0 Å². The molecule has 6 bridgehead atoms. The second-order valence-corrected chi connectivity index (χ2v) is 8.23. The van der Waals surface area contributed by atoms with E-state index in [0.717, 1.165) is 59.7 Å². The first-order valence-corrected chi connectivity index (χ1v) is 8.15. The van der Waals surface area contributed by atoms with Crippen LogP contribution in [0, 0.1) is 59.2 Å². The molecule has 6 rings (SSSR count). The highest BCUT2D eigenvalue weighted by Crippen LogP contribution is 2.75. The fraction of sp³-hybridized carbons (Fsp3) is 0.882. The molecule has 0 aliphatic heterocycles. The Morgan fingerprint density at radius 3 is 2.17 bits per heavy atom. The van der Waals surface area contributed by atoms with E-state index < -0.39 is 6.17 Å². The molecule has 0 nitrogen and oxygen atoms in total. The standard InChI is InChI=1S/C17H21F/c18-13-5-9-4-10(13)17-12-6-11(16(9)17)14-7-1-2-8(3-7)15(12)14/h1-2,7-17H,3-6H2. The normalized spacial score (nSPS) is 73.3. The first-order valence-electron chi connectivity index (χ1n) is 8.15. The number of rotatable bonds is 0. The maximum absolute atomic E-state index is 14.1.